The summed E-state index contributed by atoms with van der Waals surface area (Å²) in [5.74, 6) is 2.47. The maximum Gasteiger partial charge on any atom is 0.253 e. The minimum atomic E-state index is 0.0124. The van der Waals surface area contributed by atoms with Crippen LogP contribution in [0.1, 0.15) is 43.0 Å². The second kappa shape index (κ2) is 4.71. The molecule has 0 radical (unpaired) electrons. The lowest BCUT2D eigenvalue weighted by Crippen LogP contribution is -2.40. The van der Waals surface area contributed by atoms with Crippen molar-refractivity contribution in [2.24, 2.45) is 17.8 Å². The first-order chi connectivity index (χ1) is 8.74. The number of rotatable bonds is 3. The van der Waals surface area contributed by atoms with Crippen molar-refractivity contribution < 1.29 is 4.79 Å². The topological polar surface area (TPSA) is 42.0 Å². The molecule has 1 N–H and O–H groups in total. The van der Waals surface area contributed by atoms with Crippen LogP contribution in [0.5, 0.6) is 0 Å². The standard InChI is InChI=1S/C15H20N2O/c1-10(14-8-11-4-5-12(14)7-11)17-15(18)13-3-2-6-16-9-13/h2-3,6,9-12,14H,4-5,7-8H2,1H3,(H,17,18)/t10-,11+,12+,14-/m1/s1. The number of hydrogen-bond acceptors (Lipinski definition) is 2. The molecule has 1 aromatic rings. The number of carbonyl (C=O) groups excluding carboxylic acids is 1. The Morgan fingerprint density at radius 2 is 2.33 bits per heavy atom. The molecule has 2 bridgehead atoms. The molecule has 0 unspecified atom stereocenters. The number of hydrogen-bond donors (Lipinski definition) is 1. The lowest BCUT2D eigenvalue weighted by Gasteiger charge is -2.28. The first kappa shape index (κ1) is 11.7. The molecule has 4 atom stereocenters. The number of carbonyl (C=O) groups is 1. The van der Waals surface area contributed by atoms with E-state index in [1.807, 2.05) is 6.07 Å². The Kier molecular flexibility index (Phi) is 3.06. The van der Waals surface area contributed by atoms with Gasteiger partial charge in [-0.25, -0.2) is 0 Å². The van der Waals surface area contributed by atoms with Crippen LogP contribution >= 0.6 is 0 Å². The molecule has 3 heteroatoms. The van der Waals surface area contributed by atoms with Crippen LogP contribution in [0, 0.1) is 17.8 Å². The number of aromatic nitrogens is 1. The highest BCUT2D eigenvalue weighted by molar-refractivity contribution is 5.93. The van der Waals surface area contributed by atoms with E-state index in [2.05, 4.69) is 17.2 Å². The van der Waals surface area contributed by atoms with Crippen LogP contribution in [0.15, 0.2) is 24.5 Å². The van der Waals surface area contributed by atoms with Gasteiger partial charge < -0.3 is 5.32 Å². The first-order valence-electron chi connectivity index (χ1n) is 6.95. The number of pyridine rings is 1. The van der Waals surface area contributed by atoms with E-state index in [9.17, 15) is 4.79 Å². The summed E-state index contributed by atoms with van der Waals surface area (Å²) < 4.78 is 0. The minimum Gasteiger partial charge on any atom is -0.349 e. The van der Waals surface area contributed by atoms with Gasteiger partial charge in [-0.1, -0.05) is 6.42 Å². The number of nitrogens with zero attached hydrogens (tertiary/aromatic N) is 1. The van der Waals surface area contributed by atoms with Gasteiger partial charge >= 0.3 is 0 Å². The second-order valence-electron chi connectivity index (χ2n) is 5.84. The molecule has 1 aromatic heterocycles. The smallest absolute Gasteiger partial charge is 0.253 e. The highest BCUT2D eigenvalue weighted by Gasteiger charge is 2.42. The van der Waals surface area contributed by atoms with E-state index in [-0.39, 0.29) is 11.9 Å². The van der Waals surface area contributed by atoms with Crippen molar-refractivity contribution in [1.82, 2.24) is 10.3 Å². The molecule has 0 aromatic carbocycles. The van der Waals surface area contributed by atoms with Crippen LogP contribution in [0.3, 0.4) is 0 Å². The van der Waals surface area contributed by atoms with Gasteiger partial charge in [-0.15, -0.1) is 0 Å². The Morgan fingerprint density at radius 3 is 2.94 bits per heavy atom. The number of amides is 1. The first-order valence-corrected chi connectivity index (χ1v) is 6.95. The molecule has 96 valence electrons. The quantitative estimate of drug-likeness (QED) is 0.888. The molecule has 0 aliphatic heterocycles. The number of fused-ring (bicyclic) bond motifs is 2. The molecule has 18 heavy (non-hydrogen) atoms. The van der Waals surface area contributed by atoms with Crippen molar-refractivity contribution in [3.63, 3.8) is 0 Å². The molecule has 0 saturated heterocycles. The van der Waals surface area contributed by atoms with Crippen LogP contribution in [0.25, 0.3) is 0 Å². The Bertz CT molecular complexity index is 431. The molecule has 2 fully saturated rings. The van der Waals surface area contributed by atoms with Crippen molar-refractivity contribution in [3.8, 4) is 0 Å². The fourth-order valence-electron chi connectivity index (χ4n) is 3.80. The summed E-state index contributed by atoms with van der Waals surface area (Å²) in [5.41, 5.74) is 0.660. The maximum absolute atomic E-state index is 12.1. The van der Waals surface area contributed by atoms with Crippen molar-refractivity contribution in [2.75, 3.05) is 0 Å². The van der Waals surface area contributed by atoms with Gasteiger partial charge in [-0.3, -0.25) is 9.78 Å². The van der Waals surface area contributed by atoms with E-state index in [1.54, 1.807) is 18.5 Å². The average Bonchev–Trinajstić information content (AvgIpc) is 3.02. The van der Waals surface area contributed by atoms with Gasteiger partial charge in [0.2, 0.25) is 0 Å². The van der Waals surface area contributed by atoms with E-state index in [0.717, 1.165) is 11.8 Å². The van der Waals surface area contributed by atoms with Gasteiger partial charge in [-0.2, -0.15) is 0 Å². The molecule has 0 spiro atoms. The molecular weight excluding hydrogens is 224 g/mol. The fraction of sp³-hybridized carbons (Fsp3) is 0.600. The monoisotopic (exact) mass is 244 g/mol. The fourth-order valence-corrected chi connectivity index (χ4v) is 3.80. The van der Waals surface area contributed by atoms with Crippen LogP contribution in [-0.2, 0) is 0 Å². The highest BCUT2D eigenvalue weighted by atomic mass is 16.1. The SMILES string of the molecule is C[C@@H](NC(=O)c1cccnc1)[C@H]1C[C@H]2CC[C@H]1C2. The maximum atomic E-state index is 12.1. The van der Waals surface area contributed by atoms with Gasteiger partial charge in [-0.05, 0) is 56.1 Å². The summed E-state index contributed by atoms with van der Waals surface area (Å²) in [4.78, 5) is 16.1. The average molecular weight is 244 g/mol. The summed E-state index contributed by atoms with van der Waals surface area (Å²) >= 11 is 0. The molecule has 3 nitrogen and oxygen atoms in total. The van der Waals surface area contributed by atoms with Crippen LogP contribution in [0.2, 0.25) is 0 Å². The Hall–Kier alpha value is -1.38. The van der Waals surface area contributed by atoms with Gasteiger partial charge in [0.25, 0.3) is 5.91 Å². The van der Waals surface area contributed by atoms with Crippen molar-refractivity contribution in [1.29, 1.82) is 0 Å². The molecular formula is C15H20N2O. The van der Waals surface area contributed by atoms with Crippen molar-refractivity contribution in [3.05, 3.63) is 30.1 Å². The van der Waals surface area contributed by atoms with Crippen LogP contribution in [0.4, 0.5) is 0 Å². The van der Waals surface area contributed by atoms with Gasteiger partial charge in [0.05, 0.1) is 5.56 Å². The van der Waals surface area contributed by atoms with E-state index >= 15 is 0 Å². The van der Waals surface area contributed by atoms with Gasteiger partial charge in [0, 0.05) is 18.4 Å². The van der Waals surface area contributed by atoms with E-state index in [1.165, 1.54) is 25.7 Å². The lowest BCUT2D eigenvalue weighted by molar-refractivity contribution is 0.0915. The predicted molar refractivity (Wildman–Crippen MR) is 70.1 cm³/mol. The third-order valence-electron chi connectivity index (χ3n) is 4.72. The Morgan fingerprint density at radius 1 is 1.44 bits per heavy atom. The van der Waals surface area contributed by atoms with Crippen molar-refractivity contribution in [2.45, 2.75) is 38.6 Å². The van der Waals surface area contributed by atoms with E-state index < -0.39 is 0 Å². The second-order valence-corrected chi connectivity index (χ2v) is 5.84. The zero-order valence-corrected chi connectivity index (χ0v) is 10.8. The minimum absolute atomic E-state index is 0.0124. The largest absolute Gasteiger partial charge is 0.349 e. The molecule has 1 heterocycles. The summed E-state index contributed by atoms with van der Waals surface area (Å²) in [6, 6.07) is 3.90. The Balaban J connectivity index is 1.61. The zero-order chi connectivity index (χ0) is 12.5. The van der Waals surface area contributed by atoms with Gasteiger partial charge in [0.1, 0.15) is 0 Å². The summed E-state index contributed by atoms with van der Waals surface area (Å²) in [5, 5.41) is 3.14. The third kappa shape index (κ3) is 2.14. The highest BCUT2D eigenvalue weighted by Crippen LogP contribution is 2.49. The molecule has 3 rings (SSSR count). The number of nitrogens with one attached hydrogen (secondary N) is 1. The molecule has 2 saturated carbocycles. The summed E-state index contributed by atoms with van der Waals surface area (Å²) in [6.07, 6.45) is 8.78. The van der Waals surface area contributed by atoms with E-state index in [0.29, 0.717) is 11.5 Å². The molecule has 2 aliphatic carbocycles. The lowest BCUT2D eigenvalue weighted by atomic mass is 9.84. The molecule has 1 amide bonds. The van der Waals surface area contributed by atoms with Gasteiger partial charge in [0.15, 0.2) is 0 Å². The molecule has 2 aliphatic rings. The summed E-state index contributed by atoms with van der Waals surface area (Å²) in [7, 11) is 0. The van der Waals surface area contributed by atoms with E-state index in [4.69, 9.17) is 0 Å². The predicted octanol–water partition coefficient (Wildman–Crippen LogP) is 2.64. The Labute approximate surface area is 108 Å². The third-order valence-corrected chi connectivity index (χ3v) is 4.72. The zero-order valence-electron chi connectivity index (χ0n) is 10.8. The van der Waals surface area contributed by atoms with Crippen LogP contribution in [-0.4, -0.2) is 16.9 Å². The van der Waals surface area contributed by atoms with Crippen molar-refractivity contribution >= 4 is 5.91 Å². The normalized spacial score (nSPS) is 31.3. The van der Waals surface area contributed by atoms with Crippen LogP contribution < -0.4 is 5.32 Å². The summed E-state index contributed by atoms with van der Waals surface area (Å²) in [6.45, 7) is 2.15.